The highest BCUT2D eigenvalue weighted by atomic mass is 31.2. The topological polar surface area (TPSA) is 429 Å². The number of imidazole rings is 8. The molecule has 4 aliphatic heterocycles. The lowest BCUT2D eigenvalue weighted by atomic mass is 10.1. The van der Waals surface area contributed by atoms with Crippen LogP contribution in [0.25, 0.3) is 72.6 Å². The minimum atomic E-state index is -1.37. The molecule has 16 heterocycles. The minimum absolute atomic E-state index is 0.112. The molecule has 4 saturated heterocycles. The van der Waals surface area contributed by atoms with Gasteiger partial charge < -0.3 is 78.8 Å². The first kappa shape index (κ1) is 77.2. The van der Waals surface area contributed by atoms with Crippen LogP contribution in [0.5, 0.6) is 0 Å². The van der Waals surface area contributed by atoms with Crippen LogP contribution in [-0.2, 0) is 28.0 Å². The molecule has 109 heavy (non-hydrogen) atoms. The van der Waals surface area contributed by atoms with E-state index in [1.54, 1.807) is 94.9 Å². The second-order valence-corrected chi connectivity index (χ2v) is 29.0. The Morgan fingerprint density at radius 2 is 0.862 bits per heavy atom. The number of ether oxygens (including phenoxy) is 4. The van der Waals surface area contributed by atoms with Crippen LogP contribution in [0.1, 0.15) is 105 Å². The lowest BCUT2D eigenvalue weighted by Crippen LogP contribution is -2.35. The molecule has 4 aliphatic rings. The van der Waals surface area contributed by atoms with Gasteiger partial charge in [-0.3, -0.25) is 35.9 Å². The zero-order chi connectivity index (χ0) is 77.1. The summed E-state index contributed by atoms with van der Waals surface area (Å²) in [4.78, 5) is 74.9. The fourth-order valence-corrected chi connectivity index (χ4v) is 15.3. The van der Waals surface area contributed by atoms with Crippen molar-refractivity contribution >= 4 is 119 Å². The number of nitrogen functional groups attached to an aromatic ring is 1. The van der Waals surface area contributed by atoms with E-state index in [1.807, 2.05) is 98.8 Å². The summed E-state index contributed by atoms with van der Waals surface area (Å²) >= 11 is 0. The number of aliphatic hydroxyl groups excluding tert-OH is 5. The number of nitrogens with two attached hydrogens (primary N) is 1. The SMILES string of the molecule is CCC1OC(n2cnc3c(N=CN(C)C)nc4nccn4c32)CC1O.CN(C)C=Nc1nc2nccn2c2c1ncn2C1CC(O)C(CO)O1.Nc1nc2nccn2c2c1ncn2C1CC(O)C(CO)O1.[C-]#[N+]CCOP(OC1CC(n2cnc3c(N=CN(C)C)nc4nccn4c32)OC1CC)N(C(C)C)C(C)C. The molecule has 0 bridgehead atoms. The Morgan fingerprint density at radius 3 is 1.20 bits per heavy atom. The quantitative estimate of drug-likeness (QED) is 0.0165. The molecule has 12 aromatic rings. The Balaban J connectivity index is 0.000000131. The first-order valence-corrected chi connectivity index (χ1v) is 37.0. The Hall–Kier alpha value is -9.99. The van der Waals surface area contributed by atoms with E-state index in [0.717, 1.165) is 29.8 Å². The molecule has 13 unspecified atom stereocenters. The smallest absolute Gasteiger partial charge is 0.259 e. The Bertz CT molecular complexity index is 5060. The van der Waals surface area contributed by atoms with Crippen molar-refractivity contribution in [2.75, 3.05) is 74.4 Å². The van der Waals surface area contributed by atoms with Gasteiger partial charge in [0.25, 0.3) is 8.53 Å². The van der Waals surface area contributed by atoms with Crippen LogP contribution in [0.3, 0.4) is 0 Å². The monoisotopic (exact) mass is 1520 g/mol. The maximum atomic E-state index is 10.2. The third-order valence-electron chi connectivity index (χ3n) is 18.5. The van der Waals surface area contributed by atoms with E-state index < -0.39 is 51.5 Å². The first-order chi connectivity index (χ1) is 52.6. The molecule has 0 spiro atoms. The third kappa shape index (κ3) is 15.9. The van der Waals surface area contributed by atoms with Gasteiger partial charge in [0.2, 0.25) is 29.7 Å². The molecule has 0 saturated carbocycles. The summed E-state index contributed by atoms with van der Waals surface area (Å²) in [5.74, 6) is 3.82. The van der Waals surface area contributed by atoms with Gasteiger partial charge in [-0.1, -0.05) is 13.8 Å². The van der Waals surface area contributed by atoms with Crippen LogP contribution in [0, 0.1) is 6.57 Å². The molecule has 40 nitrogen and oxygen atoms in total. The van der Waals surface area contributed by atoms with E-state index in [0.29, 0.717) is 113 Å². The predicted molar refractivity (Wildman–Crippen MR) is 403 cm³/mol. The van der Waals surface area contributed by atoms with Crippen LogP contribution < -0.4 is 5.73 Å². The number of rotatable bonds is 22. The van der Waals surface area contributed by atoms with E-state index in [1.165, 1.54) is 0 Å². The molecule has 0 radical (unpaired) electrons. The fourth-order valence-electron chi connectivity index (χ4n) is 13.5. The van der Waals surface area contributed by atoms with Crippen LogP contribution >= 0.6 is 8.53 Å². The maximum absolute atomic E-state index is 10.2. The molecule has 16 rings (SSSR count). The molecular formula is C68H92N29O11P. The lowest BCUT2D eigenvalue weighted by molar-refractivity contribution is -0.0432. The van der Waals surface area contributed by atoms with Crippen molar-refractivity contribution in [2.24, 2.45) is 15.0 Å². The molecule has 13 atom stereocenters. The van der Waals surface area contributed by atoms with E-state index >= 15 is 0 Å². The molecule has 580 valence electrons. The average Bonchev–Trinajstić information content (AvgIpc) is 1.66. The van der Waals surface area contributed by atoms with Gasteiger partial charge in [-0.05, 0) is 40.5 Å². The van der Waals surface area contributed by atoms with E-state index in [4.69, 9.17) is 40.3 Å². The van der Waals surface area contributed by atoms with Crippen molar-refractivity contribution in [3.05, 3.63) is 86.3 Å². The van der Waals surface area contributed by atoms with Gasteiger partial charge in [0.05, 0.1) is 94.2 Å². The molecule has 41 heteroatoms. The second-order valence-electron chi connectivity index (χ2n) is 27.6. The van der Waals surface area contributed by atoms with Gasteiger partial charge in [-0.25, -0.2) is 66.1 Å². The van der Waals surface area contributed by atoms with Gasteiger partial charge in [-0.15, -0.1) is 0 Å². The molecular weight excluding hydrogens is 1430 g/mol. The number of aromatic nitrogens is 20. The summed E-state index contributed by atoms with van der Waals surface area (Å²) < 4.78 is 54.0. The molecule has 0 aliphatic carbocycles. The summed E-state index contributed by atoms with van der Waals surface area (Å²) in [6.07, 6.45) is 24.2. The third-order valence-corrected chi connectivity index (χ3v) is 20.6. The minimum Gasteiger partial charge on any atom is -0.394 e. The second kappa shape index (κ2) is 33.5. The highest BCUT2D eigenvalue weighted by Gasteiger charge is 2.43. The maximum Gasteiger partial charge on any atom is 0.259 e. The highest BCUT2D eigenvalue weighted by molar-refractivity contribution is 7.44. The number of aliphatic imine (C=N–C) groups is 3. The first-order valence-electron chi connectivity index (χ1n) is 35.8. The Kier molecular flexibility index (Phi) is 23.7. The van der Waals surface area contributed by atoms with Crippen molar-refractivity contribution in [3.63, 3.8) is 0 Å². The summed E-state index contributed by atoms with van der Waals surface area (Å²) in [7, 11) is 9.98. The number of nitrogens with zero attached hydrogens (tertiary/aromatic N) is 28. The highest BCUT2D eigenvalue weighted by Crippen LogP contribution is 2.51. The number of anilines is 1. The number of aliphatic hydroxyl groups is 5. The molecule has 4 fully saturated rings. The largest absolute Gasteiger partial charge is 0.394 e. The lowest BCUT2D eigenvalue weighted by Gasteiger charge is -2.37. The zero-order valence-corrected chi connectivity index (χ0v) is 63.4. The Morgan fingerprint density at radius 1 is 0.523 bits per heavy atom. The standard InChI is InChI=1S/C25H38N9O3P.C16H21N7O2.C15H19N7O3.C12H14N6O3/c1-9-19-20(37-38(35-13-11-26-6)34(17(2)3)18(4)5)14-21(36-19)33-16-28-22-23(29-15-31(7)8)30-25-27-10-12-32(25)24(22)33;1-4-11-10(24)7-12(25-11)23-9-18-13-14(19-8-21(2)3)20-16-17-5-6-22(16)15(13)23;1-20(2)7-18-13-12-14(21-4-3-16-15(21)19-13)22(8-17-12)11-5-9(24)10(6-23)25-11;13-10-9-11(17-2-1-14-12(17)16-10)18(5-15-9)8-3-6(20)7(4-19)21-8/h10,12,15-21H,9,11,13-14H2,1-5,7-8H3;5-6,8-12,24H,4,7H2,1-3H3;3-4,7-11,23-24H,5-6H2,1-2H3;1-2,5-8,19-20H,3-4H2,(H2,13,14,16). The average molecular weight is 1520 g/mol. The van der Waals surface area contributed by atoms with Crippen LogP contribution in [-0.4, -0.2) is 289 Å². The van der Waals surface area contributed by atoms with Crippen LogP contribution in [0.4, 0.5) is 23.3 Å². The van der Waals surface area contributed by atoms with Crippen molar-refractivity contribution in [3.8, 4) is 0 Å². The van der Waals surface area contributed by atoms with Gasteiger partial charge in [0.15, 0.2) is 62.4 Å². The number of hydrogen-bond donors (Lipinski definition) is 6. The van der Waals surface area contributed by atoms with Gasteiger partial charge >= 0.3 is 0 Å². The summed E-state index contributed by atoms with van der Waals surface area (Å²) in [6.45, 7) is 20.0. The van der Waals surface area contributed by atoms with Crippen molar-refractivity contribution in [2.45, 2.75) is 166 Å². The number of hydrogen-bond acceptors (Lipinski definition) is 28. The molecule has 7 N–H and O–H groups in total. The zero-order valence-electron chi connectivity index (χ0n) is 62.5. The van der Waals surface area contributed by atoms with Crippen LogP contribution in [0.2, 0.25) is 0 Å². The fraction of sp³-hybridized carbons (Fsp3) is 0.529. The summed E-state index contributed by atoms with van der Waals surface area (Å²) in [6, 6.07) is 0.459. The van der Waals surface area contributed by atoms with Crippen molar-refractivity contribution in [1.29, 1.82) is 0 Å². The predicted octanol–water partition coefficient (Wildman–Crippen LogP) is 5.27. The van der Waals surface area contributed by atoms with E-state index in [2.05, 4.69) is 119 Å². The van der Waals surface area contributed by atoms with Crippen molar-refractivity contribution < 1.29 is 53.5 Å². The van der Waals surface area contributed by atoms with E-state index in [9.17, 15) is 25.5 Å². The summed E-state index contributed by atoms with van der Waals surface area (Å²) in [5.41, 5.74) is 11.4. The van der Waals surface area contributed by atoms with E-state index in [-0.39, 0.29) is 56.1 Å². The van der Waals surface area contributed by atoms with Gasteiger partial charge in [-0.2, -0.15) is 19.9 Å². The normalized spacial score (nSPS) is 23.4. The van der Waals surface area contributed by atoms with Gasteiger partial charge in [0, 0.05) is 130 Å². The van der Waals surface area contributed by atoms with Crippen LogP contribution in [0.15, 0.2) is 89.9 Å². The molecule has 12 aromatic heterocycles. The van der Waals surface area contributed by atoms with Crippen molar-refractivity contribution in [1.82, 2.24) is 115 Å². The molecule has 0 aromatic carbocycles. The Labute approximate surface area is 626 Å². The van der Waals surface area contributed by atoms with Gasteiger partial charge in [0.1, 0.15) is 49.2 Å². The number of fused-ring (bicyclic) bond motifs is 12. The summed E-state index contributed by atoms with van der Waals surface area (Å²) in [5, 5.41) is 48.6. The molecule has 0 amide bonds.